The first-order valence-corrected chi connectivity index (χ1v) is 7.15. The van der Waals surface area contributed by atoms with E-state index in [1.807, 2.05) is 30.3 Å². The van der Waals surface area contributed by atoms with E-state index in [9.17, 15) is 4.79 Å². The Morgan fingerprint density at radius 1 is 1.24 bits per heavy atom. The fraction of sp³-hybridized carbons (Fsp3) is 0.235. The fourth-order valence-electron chi connectivity index (χ4n) is 2.73. The highest BCUT2D eigenvalue weighted by Crippen LogP contribution is 2.27. The van der Waals surface area contributed by atoms with Crippen LogP contribution in [0.3, 0.4) is 0 Å². The van der Waals surface area contributed by atoms with Crippen LogP contribution in [0, 0.1) is 0 Å². The van der Waals surface area contributed by atoms with Gasteiger partial charge in [0.15, 0.2) is 0 Å². The first-order chi connectivity index (χ1) is 10.1. The van der Waals surface area contributed by atoms with Gasteiger partial charge in [-0.3, -0.25) is 4.79 Å². The number of nitrogens with one attached hydrogen (secondary N) is 1. The third-order valence-electron chi connectivity index (χ3n) is 3.90. The van der Waals surface area contributed by atoms with Crippen LogP contribution in [0.15, 0.2) is 42.5 Å². The van der Waals surface area contributed by atoms with Gasteiger partial charge in [-0.25, -0.2) is 0 Å². The lowest BCUT2D eigenvalue weighted by Gasteiger charge is -2.27. The van der Waals surface area contributed by atoms with Crippen molar-refractivity contribution >= 4 is 23.0 Å². The van der Waals surface area contributed by atoms with Gasteiger partial charge < -0.3 is 16.0 Å². The molecule has 1 heterocycles. The van der Waals surface area contributed by atoms with E-state index in [1.165, 1.54) is 11.3 Å². The summed E-state index contributed by atoms with van der Waals surface area (Å²) in [5, 5.41) is 2.87. The minimum Gasteiger partial charge on any atom is -0.397 e. The zero-order valence-corrected chi connectivity index (χ0v) is 12.1. The Morgan fingerprint density at radius 2 is 2.05 bits per heavy atom. The van der Waals surface area contributed by atoms with Gasteiger partial charge >= 0.3 is 0 Å². The Labute approximate surface area is 124 Å². The highest BCUT2D eigenvalue weighted by atomic mass is 16.1. The molecule has 0 bridgehead atoms. The van der Waals surface area contributed by atoms with Crippen molar-refractivity contribution in [1.29, 1.82) is 0 Å². The summed E-state index contributed by atoms with van der Waals surface area (Å²) in [7, 11) is 2.09. The van der Waals surface area contributed by atoms with Crippen LogP contribution in [0.5, 0.6) is 0 Å². The number of nitrogens with zero attached hydrogens (tertiary/aromatic N) is 1. The molecule has 21 heavy (non-hydrogen) atoms. The fourth-order valence-corrected chi connectivity index (χ4v) is 2.73. The molecule has 0 aliphatic carbocycles. The molecule has 2 aromatic carbocycles. The number of aryl methyl sites for hydroxylation is 1. The van der Waals surface area contributed by atoms with Gasteiger partial charge in [0, 0.05) is 24.8 Å². The average Bonchev–Trinajstić information content (AvgIpc) is 2.49. The summed E-state index contributed by atoms with van der Waals surface area (Å²) in [6, 6.07) is 13.2. The molecular formula is C17H19N3O. The standard InChI is InChI=1S/C17H19N3O/c1-20-10-4-5-12-11-13(8-9-16(12)20)17(21)19-15-7-3-2-6-14(15)18/h2-3,6-9,11H,4-5,10,18H2,1H3,(H,19,21). The van der Waals surface area contributed by atoms with Gasteiger partial charge in [-0.15, -0.1) is 0 Å². The van der Waals surface area contributed by atoms with Crippen molar-refractivity contribution in [3.8, 4) is 0 Å². The Balaban J connectivity index is 1.84. The highest BCUT2D eigenvalue weighted by molar-refractivity contribution is 6.06. The summed E-state index contributed by atoms with van der Waals surface area (Å²) in [5.74, 6) is -0.121. The quantitative estimate of drug-likeness (QED) is 0.832. The molecule has 1 aliphatic rings. The largest absolute Gasteiger partial charge is 0.397 e. The molecule has 3 N–H and O–H groups in total. The summed E-state index contributed by atoms with van der Waals surface area (Å²) in [6.45, 7) is 1.07. The van der Waals surface area contributed by atoms with Gasteiger partial charge in [0.05, 0.1) is 11.4 Å². The zero-order valence-electron chi connectivity index (χ0n) is 12.1. The van der Waals surface area contributed by atoms with E-state index in [0.717, 1.165) is 19.4 Å². The number of benzene rings is 2. The van der Waals surface area contributed by atoms with E-state index >= 15 is 0 Å². The molecule has 0 atom stereocenters. The van der Waals surface area contributed by atoms with Crippen molar-refractivity contribution in [3.05, 3.63) is 53.6 Å². The normalized spacial score (nSPS) is 13.7. The lowest BCUT2D eigenvalue weighted by atomic mass is 9.99. The Morgan fingerprint density at radius 3 is 2.86 bits per heavy atom. The molecular weight excluding hydrogens is 262 g/mol. The van der Waals surface area contributed by atoms with Crippen molar-refractivity contribution in [3.63, 3.8) is 0 Å². The zero-order chi connectivity index (χ0) is 14.8. The summed E-state index contributed by atoms with van der Waals surface area (Å²) < 4.78 is 0. The first kappa shape index (κ1) is 13.5. The number of anilines is 3. The first-order valence-electron chi connectivity index (χ1n) is 7.15. The average molecular weight is 281 g/mol. The Kier molecular flexibility index (Phi) is 3.52. The van der Waals surface area contributed by atoms with Gasteiger partial charge in [0.1, 0.15) is 0 Å². The molecule has 0 saturated carbocycles. The molecule has 0 aromatic heterocycles. The van der Waals surface area contributed by atoms with E-state index in [4.69, 9.17) is 5.73 Å². The van der Waals surface area contributed by atoms with Crippen LogP contribution in [0.4, 0.5) is 17.1 Å². The van der Waals surface area contributed by atoms with Gasteiger partial charge in [-0.05, 0) is 48.7 Å². The Hall–Kier alpha value is -2.49. The maximum Gasteiger partial charge on any atom is 0.255 e. The van der Waals surface area contributed by atoms with Crippen LogP contribution < -0.4 is 16.0 Å². The molecule has 1 aliphatic heterocycles. The molecule has 4 heteroatoms. The highest BCUT2D eigenvalue weighted by Gasteiger charge is 2.16. The molecule has 0 unspecified atom stereocenters. The molecule has 0 spiro atoms. The summed E-state index contributed by atoms with van der Waals surface area (Å²) in [4.78, 5) is 14.6. The Bertz CT molecular complexity index is 681. The van der Waals surface area contributed by atoms with E-state index in [1.54, 1.807) is 12.1 Å². The van der Waals surface area contributed by atoms with Crippen molar-refractivity contribution in [2.75, 3.05) is 29.5 Å². The SMILES string of the molecule is CN1CCCc2cc(C(=O)Nc3ccccc3N)ccc21. The van der Waals surface area contributed by atoms with E-state index < -0.39 is 0 Å². The number of rotatable bonds is 2. The van der Waals surface area contributed by atoms with Crippen LogP contribution in [0.25, 0.3) is 0 Å². The molecule has 0 saturated heterocycles. The monoisotopic (exact) mass is 281 g/mol. The van der Waals surface area contributed by atoms with E-state index in [-0.39, 0.29) is 5.91 Å². The summed E-state index contributed by atoms with van der Waals surface area (Å²) >= 11 is 0. The van der Waals surface area contributed by atoms with Gasteiger partial charge in [-0.1, -0.05) is 12.1 Å². The molecule has 4 nitrogen and oxygen atoms in total. The van der Waals surface area contributed by atoms with Gasteiger partial charge in [0.25, 0.3) is 5.91 Å². The number of fused-ring (bicyclic) bond motifs is 1. The van der Waals surface area contributed by atoms with Gasteiger partial charge in [0.2, 0.25) is 0 Å². The summed E-state index contributed by atoms with van der Waals surface area (Å²) in [5.41, 5.74) is 10.2. The lowest BCUT2D eigenvalue weighted by molar-refractivity contribution is 0.102. The molecule has 0 fully saturated rings. The minimum absolute atomic E-state index is 0.121. The second-order valence-electron chi connectivity index (χ2n) is 5.41. The second-order valence-corrected chi connectivity index (χ2v) is 5.41. The maximum absolute atomic E-state index is 12.4. The van der Waals surface area contributed by atoms with Gasteiger partial charge in [-0.2, -0.15) is 0 Å². The predicted molar refractivity (Wildman–Crippen MR) is 86.8 cm³/mol. The molecule has 2 aromatic rings. The van der Waals surface area contributed by atoms with Crippen LogP contribution in [-0.4, -0.2) is 19.5 Å². The van der Waals surface area contributed by atoms with Crippen LogP contribution >= 0.6 is 0 Å². The van der Waals surface area contributed by atoms with E-state index in [0.29, 0.717) is 16.9 Å². The topological polar surface area (TPSA) is 58.4 Å². The number of carbonyl (C=O) groups excluding carboxylic acids is 1. The van der Waals surface area contributed by atoms with Crippen molar-refractivity contribution in [1.82, 2.24) is 0 Å². The van der Waals surface area contributed by atoms with Crippen molar-refractivity contribution < 1.29 is 4.79 Å². The molecule has 108 valence electrons. The van der Waals surface area contributed by atoms with Crippen LogP contribution in [0.2, 0.25) is 0 Å². The van der Waals surface area contributed by atoms with Crippen LogP contribution in [-0.2, 0) is 6.42 Å². The summed E-state index contributed by atoms with van der Waals surface area (Å²) in [6.07, 6.45) is 2.15. The number of nitrogen functional groups attached to an aromatic ring is 1. The molecule has 3 rings (SSSR count). The number of hydrogen-bond donors (Lipinski definition) is 2. The van der Waals surface area contributed by atoms with Crippen molar-refractivity contribution in [2.45, 2.75) is 12.8 Å². The smallest absolute Gasteiger partial charge is 0.255 e. The molecule has 0 radical (unpaired) electrons. The lowest BCUT2D eigenvalue weighted by Crippen LogP contribution is -2.25. The number of amides is 1. The predicted octanol–water partition coefficient (Wildman–Crippen LogP) is 2.90. The van der Waals surface area contributed by atoms with E-state index in [2.05, 4.69) is 17.3 Å². The minimum atomic E-state index is -0.121. The molecule has 1 amide bonds. The number of carbonyl (C=O) groups is 1. The number of para-hydroxylation sites is 2. The van der Waals surface area contributed by atoms with Crippen molar-refractivity contribution in [2.24, 2.45) is 0 Å². The number of nitrogens with two attached hydrogens (primary N) is 1. The third-order valence-corrected chi connectivity index (χ3v) is 3.90. The third kappa shape index (κ3) is 2.70. The maximum atomic E-state index is 12.4. The number of hydrogen-bond acceptors (Lipinski definition) is 3. The second kappa shape index (κ2) is 5.48. The van der Waals surface area contributed by atoms with Crippen LogP contribution in [0.1, 0.15) is 22.3 Å².